The Hall–Kier alpha value is -3.41. The van der Waals surface area contributed by atoms with E-state index in [-0.39, 0.29) is 30.3 Å². The number of aromatic nitrogens is 2. The Kier molecular flexibility index (Phi) is 6.22. The maximum Gasteiger partial charge on any atom is 0.271 e. The van der Waals surface area contributed by atoms with E-state index in [0.717, 1.165) is 16.9 Å². The van der Waals surface area contributed by atoms with Gasteiger partial charge in [-0.1, -0.05) is 42.0 Å². The molecule has 1 amide bonds. The smallest absolute Gasteiger partial charge is 0.271 e. The number of nitrogens with one attached hydrogen (secondary N) is 1. The van der Waals surface area contributed by atoms with Gasteiger partial charge in [-0.3, -0.25) is 9.59 Å². The van der Waals surface area contributed by atoms with Crippen molar-refractivity contribution in [2.45, 2.75) is 26.9 Å². The van der Waals surface area contributed by atoms with Gasteiger partial charge in [0.2, 0.25) is 0 Å². The summed E-state index contributed by atoms with van der Waals surface area (Å²) in [6, 6.07) is 18.2. The third kappa shape index (κ3) is 5.07. The van der Waals surface area contributed by atoms with Gasteiger partial charge in [-0.25, -0.2) is 4.68 Å². The van der Waals surface area contributed by atoms with Crippen LogP contribution in [0.5, 0.6) is 5.75 Å². The molecule has 6 nitrogen and oxygen atoms in total. The average molecular weight is 377 g/mol. The van der Waals surface area contributed by atoms with E-state index in [2.05, 4.69) is 16.5 Å². The van der Waals surface area contributed by atoms with Crippen LogP contribution in [0, 0.1) is 13.8 Å². The van der Waals surface area contributed by atoms with E-state index in [1.54, 1.807) is 0 Å². The van der Waals surface area contributed by atoms with Gasteiger partial charge < -0.3 is 10.1 Å². The number of rotatable bonds is 7. The van der Waals surface area contributed by atoms with Crippen molar-refractivity contribution >= 4 is 5.91 Å². The second kappa shape index (κ2) is 8.99. The molecule has 1 N–H and O–H groups in total. The molecule has 0 saturated carbocycles. The molecule has 0 unspecified atom stereocenters. The summed E-state index contributed by atoms with van der Waals surface area (Å²) in [4.78, 5) is 24.4. The lowest BCUT2D eigenvalue weighted by Crippen LogP contribution is -2.30. The molecular weight excluding hydrogens is 354 g/mol. The Bertz CT molecular complexity index is 1010. The summed E-state index contributed by atoms with van der Waals surface area (Å²) < 4.78 is 6.84. The fourth-order valence-corrected chi connectivity index (χ4v) is 2.81. The maximum absolute atomic E-state index is 12.4. The Morgan fingerprint density at radius 3 is 2.61 bits per heavy atom. The molecule has 144 valence electrons. The first-order valence-corrected chi connectivity index (χ1v) is 9.13. The minimum atomic E-state index is -0.322. The molecule has 3 aromatic rings. The maximum atomic E-state index is 12.4. The Balaban J connectivity index is 1.61. The summed E-state index contributed by atoms with van der Waals surface area (Å²) in [7, 11) is 0. The third-order valence-corrected chi connectivity index (χ3v) is 4.35. The Labute approximate surface area is 163 Å². The lowest BCUT2D eigenvalue weighted by Gasteiger charge is -2.10. The predicted octanol–water partition coefficient (Wildman–Crippen LogP) is 2.87. The average Bonchev–Trinajstić information content (AvgIpc) is 2.69. The fraction of sp³-hybridized carbons (Fsp3) is 0.227. The van der Waals surface area contributed by atoms with Gasteiger partial charge in [0, 0.05) is 12.6 Å². The first kappa shape index (κ1) is 19.4. The van der Waals surface area contributed by atoms with Crippen molar-refractivity contribution in [1.29, 1.82) is 0 Å². The number of para-hydroxylation sites is 1. The number of ether oxygens (including phenoxy) is 1. The van der Waals surface area contributed by atoms with Crippen LogP contribution in [-0.2, 0) is 13.1 Å². The van der Waals surface area contributed by atoms with Crippen molar-refractivity contribution in [3.05, 3.63) is 93.4 Å². The van der Waals surface area contributed by atoms with Gasteiger partial charge in [-0.2, -0.15) is 5.10 Å². The standard InChI is InChI=1S/C22H23N3O3/c1-16-8-9-18(17(2)14-16)15-23-22(27)20-10-11-21(26)25(24-20)12-13-28-19-6-4-3-5-7-19/h3-11,14H,12-13,15H2,1-2H3,(H,23,27). The molecule has 28 heavy (non-hydrogen) atoms. The monoisotopic (exact) mass is 377 g/mol. The zero-order valence-electron chi connectivity index (χ0n) is 16.0. The van der Waals surface area contributed by atoms with Crippen LogP contribution in [0.15, 0.2) is 65.5 Å². The van der Waals surface area contributed by atoms with Gasteiger partial charge in [0.25, 0.3) is 11.5 Å². The van der Waals surface area contributed by atoms with Gasteiger partial charge in [0.05, 0.1) is 6.54 Å². The number of carbonyl (C=O) groups excluding carboxylic acids is 1. The Morgan fingerprint density at radius 2 is 1.86 bits per heavy atom. The lowest BCUT2D eigenvalue weighted by molar-refractivity contribution is 0.0943. The van der Waals surface area contributed by atoms with Crippen LogP contribution < -0.4 is 15.6 Å². The highest BCUT2D eigenvalue weighted by Gasteiger charge is 2.10. The van der Waals surface area contributed by atoms with E-state index in [1.165, 1.54) is 22.4 Å². The van der Waals surface area contributed by atoms with Crippen LogP contribution in [0.1, 0.15) is 27.2 Å². The van der Waals surface area contributed by atoms with E-state index in [9.17, 15) is 9.59 Å². The third-order valence-electron chi connectivity index (χ3n) is 4.35. The van der Waals surface area contributed by atoms with Crippen molar-refractivity contribution in [1.82, 2.24) is 15.1 Å². The summed E-state index contributed by atoms with van der Waals surface area (Å²) in [6.07, 6.45) is 0. The quantitative estimate of drug-likeness (QED) is 0.687. The molecule has 0 aliphatic heterocycles. The van der Waals surface area contributed by atoms with E-state index < -0.39 is 0 Å². The summed E-state index contributed by atoms with van der Waals surface area (Å²) in [5.74, 6) is 0.399. The predicted molar refractivity (Wildman–Crippen MR) is 108 cm³/mol. The minimum Gasteiger partial charge on any atom is -0.492 e. The normalized spacial score (nSPS) is 10.5. The van der Waals surface area contributed by atoms with Crippen molar-refractivity contribution in [2.75, 3.05) is 6.61 Å². The summed E-state index contributed by atoms with van der Waals surface area (Å²) in [5.41, 5.74) is 3.27. The fourth-order valence-electron chi connectivity index (χ4n) is 2.81. The summed E-state index contributed by atoms with van der Waals surface area (Å²) >= 11 is 0. The number of amides is 1. The number of hydrogen-bond donors (Lipinski definition) is 1. The van der Waals surface area contributed by atoms with E-state index in [4.69, 9.17) is 4.74 Å². The van der Waals surface area contributed by atoms with Crippen LogP contribution in [-0.4, -0.2) is 22.3 Å². The van der Waals surface area contributed by atoms with Crippen molar-refractivity contribution in [3.63, 3.8) is 0 Å². The van der Waals surface area contributed by atoms with Crippen LogP contribution in [0.2, 0.25) is 0 Å². The van der Waals surface area contributed by atoms with Crippen LogP contribution >= 0.6 is 0 Å². The number of hydrogen-bond acceptors (Lipinski definition) is 4. The number of nitrogens with zero attached hydrogens (tertiary/aromatic N) is 2. The molecule has 0 aliphatic rings. The second-order valence-corrected chi connectivity index (χ2v) is 6.55. The molecule has 0 fully saturated rings. The minimum absolute atomic E-state index is 0.198. The highest BCUT2D eigenvalue weighted by Crippen LogP contribution is 2.10. The van der Waals surface area contributed by atoms with Gasteiger partial charge in [-0.15, -0.1) is 0 Å². The molecular formula is C22H23N3O3. The van der Waals surface area contributed by atoms with Crippen molar-refractivity contribution < 1.29 is 9.53 Å². The summed E-state index contributed by atoms with van der Waals surface area (Å²) in [5, 5.41) is 7.02. The number of carbonyl (C=O) groups is 1. The zero-order chi connectivity index (χ0) is 19.9. The largest absolute Gasteiger partial charge is 0.492 e. The second-order valence-electron chi connectivity index (χ2n) is 6.55. The number of benzene rings is 2. The lowest BCUT2D eigenvalue weighted by atomic mass is 10.1. The molecule has 2 aromatic carbocycles. The molecule has 1 aromatic heterocycles. The molecule has 0 radical (unpaired) electrons. The molecule has 0 saturated heterocycles. The molecule has 0 aliphatic carbocycles. The Morgan fingerprint density at radius 1 is 1.07 bits per heavy atom. The molecule has 6 heteroatoms. The first-order valence-electron chi connectivity index (χ1n) is 9.13. The van der Waals surface area contributed by atoms with Gasteiger partial charge in [0.15, 0.2) is 0 Å². The molecule has 3 rings (SSSR count). The SMILES string of the molecule is Cc1ccc(CNC(=O)c2ccc(=O)n(CCOc3ccccc3)n2)c(C)c1. The molecule has 0 spiro atoms. The van der Waals surface area contributed by atoms with Crippen LogP contribution in [0.25, 0.3) is 0 Å². The van der Waals surface area contributed by atoms with Gasteiger partial charge in [-0.05, 0) is 43.2 Å². The molecule has 1 heterocycles. The van der Waals surface area contributed by atoms with E-state index >= 15 is 0 Å². The highest BCUT2D eigenvalue weighted by molar-refractivity contribution is 5.91. The van der Waals surface area contributed by atoms with Crippen molar-refractivity contribution in [3.8, 4) is 5.75 Å². The van der Waals surface area contributed by atoms with Gasteiger partial charge >= 0.3 is 0 Å². The molecule has 0 bridgehead atoms. The highest BCUT2D eigenvalue weighted by atomic mass is 16.5. The van der Waals surface area contributed by atoms with E-state index in [1.807, 2.05) is 56.3 Å². The summed E-state index contributed by atoms with van der Waals surface area (Å²) in [6.45, 7) is 4.99. The topological polar surface area (TPSA) is 73.2 Å². The van der Waals surface area contributed by atoms with Crippen molar-refractivity contribution in [2.24, 2.45) is 0 Å². The number of aryl methyl sites for hydroxylation is 2. The van der Waals surface area contributed by atoms with Gasteiger partial charge in [0.1, 0.15) is 18.1 Å². The molecule has 0 atom stereocenters. The van der Waals surface area contributed by atoms with E-state index in [0.29, 0.717) is 6.54 Å². The first-order chi connectivity index (χ1) is 13.5. The van der Waals surface area contributed by atoms with Crippen LogP contribution in [0.4, 0.5) is 0 Å². The zero-order valence-corrected chi connectivity index (χ0v) is 16.0. The van der Waals surface area contributed by atoms with Crippen LogP contribution in [0.3, 0.4) is 0 Å².